The van der Waals surface area contributed by atoms with E-state index in [1.165, 1.54) is 11.0 Å². The highest BCUT2D eigenvalue weighted by atomic mass is 19.4. The molecule has 0 radical (unpaired) electrons. The van der Waals surface area contributed by atoms with Crippen LogP contribution in [0.2, 0.25) is 0 Å². The predicted octanol–water partition coefficient (Wildman–Crippen LogP) is 2.23. The van der Waals surface area contributed by atoms with E-state index < -0.39 is 30.5 Å². The molecule has 160 valence electrons. The lowest BCUT2D eigenvalue weighted by Gasteiger charge is -2.36. The maximum absolute atomic E-state index is 13.1. The molecule has 2 aliphatic heterocycles. The number of aliphatic hydroxyl groups excluding tert-OH is 2. The van der Waals surface area contributed by atoms with Crippen LogP contribution in [0, 0.1) is 0 Å². The van der Waals surface area contributed by atoms with Gasteiger partial charge in [0.25, 0.3) is 0 Å². The van der Waals surface area contributed by atoms with Crippen molar-refractivity contribution in [2.45, 2.75) is 24.7 Å². The van der Waals surface area contributed by atoms with Gasteiger partial charge in [0, 0.05) is 25.2 Å². The van der Waals surface area contributed by atoms with Gasteiger partial charge in [-0.05, 0) is 30.7 Å². The Labute approximate surface area is 170 Å². The van der Waals surface area contributed by atoms with Gasteiger partial charge in [-0.3, -0.25) is 4.90 Å². The topological polar surface area (TPSA) is 88.9 Å². The first kappa shape index (κ1) is 20.4. The Balaban J connectivity index is 1.69. The molecule has 0 aliphatic carbocycles. The van der Waals surface area contributed by atoms with Crippen LogP contribution in [0.5, 0.6) is 0 Å². The van der Waals surface area contributed by atoms with Gasteiger partial charge in [-0.1, -0.05) is 12.1 Å². The maximum Gasteiger partial charge on any atom is 0.416 e. The molecule has 4 rings (SSSR count). The van der Waals surface area contributed by atoms with Crippen molar-refractivity contribution in [1.82, 2.24) is 10.3 Å². The first-order valence-electron chi connectivity index (χ1n) is 9.57. The molecule has 2 bridgehead atoms. The van der Waals surface area contributed by atoms with Crippen molar-refractivity contribution in [3.63, 3.8) is 0 Å². The van der Waals surface area contributed by atoms with Crippen LogP contribution in [-0.4, -0.2) is 59.6 Å². The fourth-order valence-corrected chi connectivity index (χ4v) is 3.84. The van der Waals surface area contributed by atoms with Crippen LogP contribution in [-0.2, 0) is 6.18 Å². The van der Waals surface area contributed by atoms with Gasteiger partial charge in [0.2, 0.25) is 0 Å². The second-order valence-corrected chi connectivity index (χ2v) is 7.40. The third-order valence-electron chi connectivity index (χ3n) is 5.36. The fourth-order valence-electron chi connectivity index (χ4n) is 3.84. The molecule has 0 spiro atoms. The number of carbonyl (C=O) groups is 1. The Bertz CT molecular complexity index is 953. The Hall–Kier alpha value is -2.85. The summed E-state index contributed by atoms with van der Waals surface area (Å²) in [7, 11) is 0. The fraction of sp³-hybridized carbons (Fsp3) is 0.400. The number of carbonyl (C=O) groups excluding carboxylic acids is 1. The molecular formula is C20H21F3N4O3. The largest absolute Gasteiger partial charge is 0.416 e. The van der Waals surface area contributed by atoms with Crippen LogP contribution in [0.3, 0.4) is 0 Å². The molecule has 1 aromatic heterocycles. The van der Waals surface area contributed by atoms with Crippen LogP contribution in [0.15, 0.2) is 36.4 Å². The molecule has 2 aliphatic rings. The SMILES string of the molecule is O=C(NCC(O)CO)N1c2nc(-c3cccc(C(F)(F)F)c3)ccc2N2CC[C@H]1C2. The van der Waals surface area contributed by atoms with E-state index in [4.69, 9.17) is 5.11 Å². The lowest BCUT2D eigenvalue weighted by Crippen LogP contribution is -2.52. The minimum absolute atomic E-state index is 0.120. The van der Waals surface area contributed by atoms with E-state index in [0.717, 1.165) is 30.8 Å². The summed E-state index contributed by atoms with van der Waals surface area (Å²) in [6.45, 7) is 0.774. The van der Waals surface area contributed by atoms with E-state index in [-0.39, 0.29) is 12.6 Å². The summed E-state index contributed by atoms with van der Waals surface area (Å²) in [5.74, 6) is 0.370. The smallest absolute Gasteiger partial charge is 0.394 e. The molecule has 2 amide bonds. The number of hydrogen-bond donors (Lipinski definition) is 3. The number of benzene rings is 1. The molecule has 1 fully saturated rings. The molecular weight excluding hydrogens is 401 g/mol. The highest BCUT2D eigenvalue weighted by Crippen LogP contribution is 2.40. The Morgan fingerprint density at radius 2 is 2.10 bits per heavy atom. The minimum atomic E-state index is -4.46. The van der Waals surface area contributed by atoms with Crippen LogP contribution in [0.25, 0.3) is 11.3 Å². The molecule has 0 saturated carbocycles. The first-order valence-corrected chi connectivity index (χ1v) is 9.57. The number of halogens is 3. The van der Waals surface area contributed by atoms with Crippen molar-refractivity contribution in [2.75, 3.05) is 36.0 Å². The van der Waals surface area contributed by atoms with Gasteiger partial charge in [-0.25, -0.2) is 9.78 Å². The summed E-state index contributed by atoms with van der Waals surface area (Å²) in [5.41, 5.74) is 0.598. The number of urea groups is 1. The Morgan fingerprint density at radius 3 is 2.83 bits per heavy atom. The number of fused-ring (bicyclic) bond motifs is 4. The average Bonchev–Trinajstić information content (AvgIpc) is 3.15. The van der Waals surface area contributed by atoms with Crippen LogP contribution in [0.1, 0.15) is 12.0 Å². The Kier molecular flexibility index (Phi) is 5.29. The van der Waals surface area contributed by atoms with Crippen molar-refractivity contribution in [3.8, 4) is 11.3 Å². The van der Waals surface area contributed by atoms with Crippen LogP contribution in [0.4, 0.5) is 29.5 Å². The number of amides is 2. The number of aliphatic hydroxyl groups is 2. The van der Waals surface area contributed by atoms with E-state index in [2.05, 4.69) is 15.2 Å². The van der Waals surface area contributed by atoms with Gasteiger partial charge in [0.15, 0.2) is 5.82 Å². The average molecular weight is 422 g/mol. The number of hydrogen-bond acceptors (Lipinski definition) is 5. The van der Waals surface area contributed by atoms with Gasteiger partial charge in [0.1, 0.15) is 0 Å². The molecule has 2 aromatic rings. The third-order valence-corrected chi connectivity index (χ3v) is 5.36. The highest BCUT2D eigenvalue weighted by Gasteiger charge is 2.40. The summed E-state index contributed by atoms with van der Waals surface area (Å²) in [5, 5.41) is 21.1. The molecule has 2 atom stereocenters. The highest BCUT2D eigenvalue weighted by molar-refractivity contribution is 5.97. The van der Waals surface area contributed by atoms with E-state index >= 15 is 0 Å². The van der Waals surface area contributed by atoms with E-state index in [0.29, 0.717) is 23.6 Å². The van der Waals surface area contributed by atoms with Crippen molar-refractivity contribution in [3.05, 3.63) is 42.0 Å². The molecule has 3 heterocycles. The zero-order valence-electron chi connectivity index (χ0n) is 15.9. The molecule has 7 nitrogen and oxygen atoms in total. The lowest BCUT2D eigenvalue weighted by molar-refractivity contribution is -0.137. The zero-order chi connectivity index (χ0) is 21.5. The van der Waals surface area contributed by atoms with Crippen LogP contribution < -0.4 is 15.1 Å². The van der Waals surface area contributed by atoms with Crippen molar-refractivity contribution in [2.24, 2.45) is 0 Å². The number of nitrogens with one attached hydrogen (secondary N) is 1. The third kappa shape index (κ3) is 3.80. The van der Waals surface area contributed by atoms with Gasteiger partial charge in [0.05, 0.1) is 35.7 Å². The van der Waals surface area contributed by atoms with Crippen molar-refractivity contribution < 1.29 is 28.2 Å². The van der Waals surface area contributed by atoms with Gasteiger partial charge in [-0.15, -0.1) is 0 Å². The normalized spacial score (nSPS) is 18.9. The maximum atomic E-state index is 13.1. The zero-order valence-corrected chi connectivity index (χ0v) is 15.9. The predicted molar refractivity (Wildman–Crippen MR) is 104 cm³/mol. The summed E-state index contributed by atoms with van der Waals surface area (Å²) >= 11 is 0. The molecule has 30 heavy (non-hydrogen) atoms. The second kappa shape index (κ2) is 7.77. The molecule has 10 heteroatoms. The molecule has 3 N–H and O–H groups in total. The molecule has 1 saturated heterocycles. The lowest BCUT2D eigenvalue weighted by atomic mass is 10.1. The molecule has 1 unspecified atom stereocenters. The first-order chi connectivity index (χ1) is 14.3. The summed E-state index contributed by atoms with van der Waals surface area (Å²) in [4.78, 5) is 21.0. The number of aromatic nitrogens is 1. The van der Waals surface area contributed by atoms with E-state index in [9.17, 15) is 23.1 Å². The number of alkyl halides is 3. The van der Waals surface area contributed by atoms with Gasteiger partial charge < -0.3 is 20.4 Å². The van der Waals surface area contributed by atoms with Gasteiger partial charge >= 0.3 is 12.2 Å². The summed E-state index contributed by atoms with van der Waals surface area (Å²) < 4.78 is 39.3. The molecule has 1 aromatic carbocycles. The van der Waals surface area contributed by atoms with Crippen molar-refractivity contribution in [1.29, 1.82) is 0 Å². The van der Waals surface area contributed by atoms with Gasteiger partial charge in [-0.2, -0.15) is 13.2 Å². The number of nitrogens with zero attached hydrogens (tertiary/aromatic N) is 3. The monoisotopic (exact) mass is 422 g/mol. The minimum Gasteiger partial charge on any atom is -0.394 e. The quantitative estimate of drug-likeness (QED) is 0.703. The van der Waals surface area contributed by atoms with Crippen molar-refractivity contribution >= 4 is 17.5 Å². The van der Waals surface area contributed by atoms with Crippen LogP contribution >= 0.6 is 0 Å². The summed E-state index contributed by atoms with van der Waals surface area (Å²) in [6.07, 6.45) is -4.82. The Morgan fingerprint density at radius 1 is 1.30 bits per heavy atom. The number of anilines is 2. The second-order valence-electron chi connectivity index (χ2n) is 7.40. The van der Waals surface area contributed by atoms with E-state index in [1.807, 2.05) is 0 Å². The standard InChI is InChI=1S/C20H21F3N4O3/c21-20(22,23)13-3-1-2-12(8-13)16-4-5-17-18(25-16)27(14-6-7-26(17)10-14)19(30)24-9-15(29)11-28/h1-5,8,14-15,28-29H,6-7,9-11H2,(H,24,30)/t14-,15?/m0/s1. The number of pyridine rings is 1. The number of rotatable bonds is 4. The van der Waals surface area contributed by atoms with E-state index in [1.54, 1.807) is 18.2 Å². The summed E-state index contributed by atoms with van der Waals surface area (Å²) in [6, 6.07) is 7.73.